The van der Waals surface area contributed by atoms with Crippen LogP contribution in [-0.2, 0) is 0 Å². The van der Waals surface area contributed by atoms with Gasteiger partial charge in [-0.3, -0.25) is 4.79 Å². The second-order valence-corrected chi connectivity index (χ2v) is 7.34. The van der Waals surface area contributed by atoms with Crippen LogP contribution in [0.3, 0.4) is 0 Å². The number of amides is 1. The Morgan fingerprint density at radius 1 is 1.07 bits per heavy atom. The van der Waals surface area contributed by atoms with E-state index in [1.165, 1.54) is 6.42 Å². The Bertz CT molecular complexity index is 941. The highest BCUT2D eigenvalue weighted by atomic mass is 16.2. The van der Waals surface area contributed by atoms with Gasteiger partial charge in [0.1, 0.15) is 5.82 Å². The van der Waals surface area contributed by atoms with E-state index in [2.05, 4.69) is 22.3 Å². The summed E-state index contributed by atoms with van der Waals surface area (Å²) in [5.41, 5.74) is 3.48. The zero-order valence-electron chi connectivity index (χ0n) is 16.4. The Morgan fingerprint density at radius 3 is 2.61 bits per heavy atom. The maximum Gasteiger partial charge on any atom is 0.253 e. The third-order valence-electron chi connectivity index (χ3n) is 5.27. The van der Waals surface area contributed by atoms with Crippen LogP contribution in [0.1, 0.15) is 49.4 Å². The number of likely N-dealkylation sites (tertiary alicyclic amines) is 1. The lowest BCUT2D eigenvalue weighted by Gasteiger charge is -2.26. The lowest BCUT2D eigenvalue weighted by Crippen LogP contribution is -2.35. The molecule has 1 fully saturated rings. The van der Waals surface area contributed by atoms with Crippen LogP contribution in [0, 0.1) is 0 Å². The highest BCUT2D eigenvalue weighted by molar-refractivity contribution is 5.94. The van der Waals surface area contributed by atoms with Crippen molar-refractivity contribution >= 4 is 17.4 Å². The number of hydrogen-bond acceptors (Lipinski definition) is 4. The third-order valence-corrected chi connectivity index (χ3v) is 5.27. The standard InChI is InChI=1S/C22H27N5O/c1-2-3-13-23-20-11-12-21-24-16-19(27(21)25-20)17-7-9-18(10-8-17)22(28)26-14-5-4-6-15-26/h7-12,16H,2-6,13-15H2,1H3,(H,23,25). The van der Waals surface area contributed by atoms with Gasteiger partial charge in [-0.2, -0.15) is 0 Å². The molecule has 4 rings (SSSR count). The van der Waals surface area contributed by atoms with Crippen LogP contribution in [0.5, 0.6) is 0 Å². The summed E-state index contributed by atoms with van der Waals surface area (Å²) < 4.78 is 1.86. The van der Waals surface area contributed by atoms with Crippen molar-refractivity contribution in [2.24, 2.45) is 0 Å². The fraction of sp³-hybridized carbons (Fsp3) is 0.409. The number of hydrogen-bond donors (Lipinski definition) is 1. The van der Waals surface area contributed by atoms with E-state index in [0.717, 1.165) is 73.6 Å². The van der Waals surface area contributed by atoms with Crippen LogP contribution in [0.15, 0.2) is 42.6 Å². The molecular formula is C22H27N5O. The molecule has 1 N–H and O–H groups in total. The molecule has 1 aliphatic rings. The van der Waals surface area contributed by atoms with Gasteiger partial charge in [-0.05, 0) is 49.9 Å². The van der Waals surface area contributed by atoms with E-state index in [0.29, 0.717) is 0 Å². The Morgan fingerprint density at radius 2 is 1.86 bits per heavy atom. The third kappa shape index (κ3) is 3.86. The number of unbranched alkanes of at least 4 members (excludes halogenated alkanes) is 1. The van der Waals surface area contributed by atoms with Crippen molar-refractivity contribution in [3.8, 4) is 11.3 Å². The number of rotatable bonds is 6. The van der Waals surface area contributed by atoms with Crippen LogP contribution in [-0.4, -0.2) is 45.0 Å². The van der Waals surface area contributed by atoms with Crippen molar-refractivity contribution in [3.63, 3.8) is 0 Å². The Labute approximate surface area is 165 Å². The molecule has 0 radical (unpaired) electrons. The molecular weight excluding hydrogens is 350 g/mol. The van der Waals surface area contributed by atoms with Gasteiger partial charge in [-0.15, -0.1) is 5.10 Å². The predicted octanol–water partition coefficient (Wildman–Crippen LogP) is 4.23. The first-order chi connectivity index (χ1) is 13.8. The lowest BCUT2D eigenvalue weighted by molar-refractivity contribution is 0.0724. The molecule has 1 amide bonds. The molecule has 0 saturated carbocycles. The summed E-state index contributed by atoms with van der Waals surface area (Å²) in [6.07, 6.45) is 7.52. The van der Waals surface area contributed by atoms with Crippen molar-refractivity contribution in [1.29, 1.82) is 0 Å². The molecule has 0 unspecified atom stereocenters. The number of benzene rings is 1. The molecule has 6 nitrogen and oxygen atoms in total. The van der Waals surface area contributed by atoms with Gasteiger partial charge in [0.05, 0.1) is 11.9 Å². The molecule has 146 valence electrons. The molecule has 1 saturated heterocycles. The largest absolute Gasteiger partial charge is 0.369 e. The van der Waals surface area contributed by atoms with Gasteiger partial charge in [0.25, 0.3) is 5.91 Å². The molecule has 3 heterocycles. The van der Waals surface area contributed by atoms with E-state index in [1.807, 2.05) is 52.0 Å². The van der Waals surface area contributed by atoms with Gasteiger partial charge in [-0.1, -0.05) is 25.5 Å². The number of aromatic nitrogens is 3. The minimum absolute atomic E-state index is 0.130. The number of fused-ring (bicyclic) bond motifs is 1. The second-order valence-electron chi connectivity index (χ2n) is 7.34. The van der Waals surface area contributed by atoms with Crippen molar-refractivity contribution in [1.82, 2.24) is 19.5 Å². The van der Waals surface area contributed by atoms with Gasteiger partial charge < -0.3 is 10.2 Å². The van der Waals surface area contributed by atoms with Gasteiger partial charge in [0, 0.05) is 30.8 Å². The number of imidazole rings is 1. The molecule has 0 spiro atoms. The molecule has 0 atom stereocenters. The molecule has 3 aromatic rings. The number of anilines is 1. The highest BCUT2D eigenvalue weighted by Crippen LogP contribution is 2.22. The Balaban J connectivity index is 1.55. The summed E-state index contributed by atoms with van der Waals surface area (Å²) in [6, 6.07) is 11.7. The zero-order valence-corrected chi connectivity index (χ0v) is 16.4. The van der Waals surface area contributed by atoms with Crippen molar-refractivity contribution in [2.45, 2.75) is 39.0 Å². The first-order valence-corrected chi connectivity index (χ1v) is 10.2. The molecule has 1 aliphatic heterocycles. The molecule has 0 bridgehead atoms. The summed E-state index contributed by atoms with van der Waals surface area (Å²) in [4.78, 5) is 19.1. The fourth-order valence-electron chi connectivity index (χ4n) is 3.62. The summed E-state index contributed by atoms with van der Waals surface area (Å²) in [7, 11) is 0. The average Bonchev–Trinajstić information content (AvgIpc) is 3.17. The topological polar surface area (TPSA) is 62.5 Å². The molecule has 28 heavy (non-hydrogen) atoms. The molecule has 1 aromatic carbocycles. The summed E-state index contributed by atoms with van der Waals surface area (Å²) in [5, 5.41) is 8.04. The lowest BCUT2D eigenvalue weighted by atomic mass is 10.1. The smallest absolute Gasteiger partial charge is 0.253 e. The maximum absolute atomic E-state index is 12.7. The number of carbonyl (C=O) groups is 1. The molecule has 2 aromatic heterocycles. The molecule has 0 aliphatic carbocycles. The van der Waals surface area contributed by atoms with Gasteiger partial charge in [0.2, 0.25) is 0 Å². The van der Waals surface area contributed by atoms with Crippen LogP contribution in [0.4, 0.5) is 5.82 Å². The van der Waals surface area contributed by atoms with Gasteiger partial charge in [-0.25, -0.2) is 9.50 Å². The van der Waals surface area contributed by atoms with E-state index in [-0.39, 0.29) is 5.91 Å². The maximum atomic E-state index is 12.7. The van der Waals surface area contributed by atoms with E-state index in [4.69, 9.17) is 0 Å². The van der Waals surface area contributed by atoms with E-state index >= 15 is 0 Å². The number of carbonyl (C=O) groups excluding carboxylic acids is 1. The SMILES string of the molecule is CCCCNc1ccc2ncc(-c3ccc(C(=O)N4CCCCC4)cc3)n2n1. The zero-order chi connectivity index (χ0) is 19.3. The molecule has 6 heteroatoms. The van der Waals surface area contributed by atoms with Gasteiger partial charge >= 0.3 is 0 Å². The van der Waals surface area contributed by atoms with Crippen molar-refractivity contribution in [3.05, 3.63) is 48.2 Å². The summed E-state index contributed by atoms with van der Waals surface area (Å²) in [5.74, 6) is 0.974. The Hall–Kier alpha value is -2.89. The normalized spacial score (nSPS) is 14.4. The Kier molecular flexibility index (Phi) is 5.55. The van der Waals surface area contributed by atoms with Crippen LogP contribution in [0.2, 0.25) is 0 Å². The van der Waals surface area contributed by atoms with Crippen molar-refractivity contribution < 1.29 is 4.79 Å². The number of nitrogens with zero attached hydrogens (tertiary/aromatic N) is 4. The number of piperidine rings is 1. The fourth-order valence-corrected chi connectivity index (χ4v) is 3.62. The summed E-state index contributed by atoms with van der Waals surface area (Å²) >= 11 is 0. The minimum Gasteiger partial charge on any atom is -0.369 e. The van der Waals surface area contributed by atoms with E-state index in [1.54, 1.807) is 0 Å². The second kappa shape index (κ2) is 8.42. The van der Waals surface area contributed by atoms with E-state index in [9.17, 15) is 4.79 Å². The van der Waals surface area contributed by atoms with Crippen molar-refractivity contribution in [2.75, 3.05) is 25.0 Å². The van der Waals surface area contributed by atoms with E-state index < -0.39 is 0 Å². The van der Waals surface area contributed by atoms with Crippen LogP contribution in [0.25, 0.3) is 16.9 Å². The first-order valence-electron chi connectivity index (χ1n) is 10.2. The van der Waals surface area contributed by atoms with Crippen LogP contribution < -0.4 is 5.32 Å². The number of nitrogens with one attached hydrogen (secondary N) is 1. The first kappa shape index (κ1) is 18.5. The highest BCUT2D eigenvalue weighted by Gasteiger charge is 2.18. The monoisotopic (exact) mass is 377 g/mol. The minimum atomic E-state index is 0.130. The predicted molar refractivity (Wildman–Crippen MR) is 112 cm³/mol. The van der Waals surface area contributed by atoms with Gasteiger partial charge in [0.15, 0.2) is 5.65 Å². The summed E-state index contributed by atoms with van der Waals surface area (Å²) in [6.45, 7) is 4.81. The average molecular weight is 377 g/mol. The quantitative estimate of drug-likeness (QED) is 0.653. The van der Waals surface area contributed by atoms with Crippen LogP contribution >= 0.6 is 0 Å².